The number of para-hydroxylation sites is 1. The topological polar surface area (TPSA) is 51.2 Å². The molecule has 9 rings (SSSR count). The third-order valence-corrected chi connectivity index (χ3v) is 10.7. The number of benzene rings is 7. The Morgan fingerprint density at radius 3 is 2.06 bits per heavy atom. The van der Waals surface area contributed by atoms with Crippen LogP contribution in [0.2, 0.25) is 0 Å². The van der Waals surface area contributed by atoms with Crippen molar-refractivity contribution in [3.05, 3.63) is 198 Å². The molecule has 0 aliphatic heterocycles. The zero-order valence-corrected chi connectivity index (χ0v) is 29.4. The molecule has 2 atom stereocenters. The minimum Gasteiger partial charge on any atom is -0.456 e. The molecule has 0 saturated carbocycles. The van der Waals surface area contributed by atoms with Crippen molar-refractivity contribution in [3.63, 3.8) is 0 Å². The van der Waals surface area contributed by atoms with Gasteiger partial charge in [0.05, 0.1) is 12.2 Å². The maximum Gasteiger partial charge on any atom is 0.135 e. The maximum atomic E-state index is 6.75. The summed E-state index contributed by atoms with van der Waals surface area (Å²) < 4.78 is 6.23. The largest absolute Gasteiger partial charge is 0.456 e. The molecule has 0 saturated heterocycles. The monoisotopic (exact) mass is 672 g/mol. The van der Waals surface area contributed by atoms with Crippen molar-refractivity contribution >= 4 is 27.8 Å². The summed E-state index contributed by atoms with van der Waals surface area (Å²) >= 11 is 0. The fourth-order valence-corrected chi connectivity index (χ4v) is 7.92. The molecular weight excluding hydrogens is 633 g/mol. The Bertz CT molecular complexity index is 2560. The summed E-state index contributed by atoms with van der Waals surface area (Å²) in [6.45, 7) is 4.70. The normalized spacial score (nSPS) is 14.4. The number of nitrogens with one attached hydrogen (secondary N) is 1. The number of furan rings is 1. The lowest BCUT2D eigenvalue weighted by molar-refractivity contribution is 0.509. The van der Waals surface area contributed by atoms with Gasteiger partial charge in [0.2, 0.25) is 0 Å². The molecule has 0 radical (unpaired) electrons. The van der Waals surface area contributed by atoms with E-state index in [4.69, 9.17) is 10.2 Å². The van der Waals surface area contributed by atoms with Crippen LogP contribution in [0.15, 0.2) is 174 Å². The van der Waals surface area contributed by atoms with Crippen molar-refractivity contribution in [3.8, 4) is 33.6 Å². The molecule has 252 valence electrons. The van der Waals surface area contributed by atoms with E-state index in [9.17, 15) is 0 Å². The highest BCUT2D eigenvalue weighted by Gasteiger charge is 2.37. The average molecular weight is 673 g/mol. The summed E-state index contributed by atoms with van der Waals surface area (Å²) in [5, 5.41) is 7.34. The van der Waals surface area contributed by atoms with Crippen LogP contribution in [0.1, 0.15) is 53.9 Å². The summed E-state index contributed by atoms with van der Waals surface area (Å²) in [5.41, 5.74) is 19.8. The van der Waals surface area contributed by atoms with Crippen LogP contribution >= 0.6 is 0 Å². The molecule has 8 aromatic rings. The molecule has 0 bridgehead atoms. The first kappa shape index (κ1) is 31.9. The molecule has 3 nitrogen and oxygen atoms in total. The van der Waals surface area contributed by atoms with E-state index in [-0.39, 0.29) is 17.6 Å². The highest BCUT2D eigenvalue weighted by molar-refractivity contribution is 5.98. The van der Waals surface area contributed by atoms with Crippen LogP contribution in [-0.4, -0.2) is 0 Å². The van der Waals surface area contributed by atoms with Crippen LogP contribution in [0, 0.1) is 0 Å². The fourth-order valence-electron chi connectivity index (χ4n) is 7.92. The van der Waals surface area contributed by atoms with Crippen LogP contribution in [-0.2, 0) is 5.41 Å². The second kappa shape index (κ2) is 13.0. The van der Waals surface area contributed by atoms with E-state index in [1.54, 1.807) is 0 Å². The molecule has 0 amide bonds. The van der Waals surface area contributed by atoms with E-state index in [1.165, 1.54) is 44.2 Å². The average Bonchev–Trinajstić information content (AvgIpc) is 3.72. The molecule has 52 heavy (non-hydrogen) atoms. The van der Waals surface area contributed by atoms with Crippen LogP contribution in [0.5, 0.6) is 0 Å². The minimum absolute atomic E-state index is 0.0717. The summed E-state index contributed by atoms with van der Waals surface area (Å²) in [5.74, 6) is 0.848. The third-order valence-electron chi connectivity index (χ3n) is 10.7. The van der Waals surface area contributed by atoms with Gasteiger partial charge in [0, 0.05) is 16.4 Å². The Morgan fingerprint density at radius 1 is 0.577 bits per heavy atom. The Kier molecular flexibility index (Phi) is 7.96. The molecule has 1 aliphatic rings. The first-order valence-electron chi connectivity index (χ1n) is 18.0. The summed E-state index contributed by atoms with van der Waals surface area (Å²) in [4.78, 5) is 0. The molecule has 3 heteroatoms. The molecule has 3 N–H and O–H groups in total. The van der Waals surface area contributed by atoms with Crippen LogP contribution in [0.4, 0.5) is 0 Å². The lowest BCUT2D eigenvalue weighted by Crippen LogP contribution is -2.31. The van der Waals surface area contributed by atoms with E-state index in [1.807, 2.05) is 36.4 Å². The molecular formula is C49H40N2O. The van der Waals surface area contributed by atoms with E-state index in [0.717, 1.165) is 39.0 Å². The molecule has 1 aromatic heterocycles. The van der Waals surface area contributed by atoms with E-state index >= 15 is 0 Å². The Hall–Kier alpha value is -6.00. The molecule has 0 spiro atoms. The van der Waals surface area contributed by atoms with Crippen LogP contribution in [0.3, 0.4) is 0 Å². The molecule has 1 aliphatic carbocycles. The van der Waals surface area contributed by atoms with Gasteiger partial charge >= 0.3 is 0 Å². The fraction of sp³-hybridized carbons (Fsp3) is 0.102. The van der Waals surface area contributed by atoms with Crippen molar-refractivity contribution in [1.29, 1.82) is 0 Å². The van der Waals surface area contributed by atoms with E-state index in [2.05, 4.69) is 159 Å². The smallest absolute Gasteiger partial charge is 0.135 e. The SMILES string of the molecule is CC1(C)c2cc3ccccc3cc2-c2c(-c3ccc(/C=C/C(NC(N)c4ccccc4)c4cccc(-c5cc6ccccc6o5)c4)cc3)cccc21. The molecule has 7 aromatic carbocycles. The molecule has 1 heterocycles. The van der Waals surface area contributed by atoms with Gasteiger partial charge in [-0.3, -0.25) is 5.32 Å². The van der Waals surface area contributed by atoms with Gasteiger partial charge in [-0.1, -0.05) is 159 Å². The van der Waals surface area contributed by atoms with Crippen molar-refractivity contribution in [2.24, 2.45) is 5.73 Å². The highest BCUT2D eigenvalue weighted by Crippen LogP contribution is 2.53. The number of fused-ring (bicyclic) bond motifs is 5. The van der Waals surface area contributed by atoms with Gasteiger partial charge in [-0.25, -0.2) is 0 Å². The van der Waals surface area contributed by atoms with Gasteiger partial charge in [-0.2, -0.15) is 0 Å². The van der Waals surface area contributed by atoms with E-state index in [0.29, 0.717) is 0 Å². The lowest BCUT2D eigenvalue weighted by atomic mass is 9.81. The van der Waals surface area contributed by atoms with Gasteiger partial charge in [0.1, 0.15) is 11.3 Å². The van der Waals surface area contributed by atoms with Gasteiger partial charge < -0.3 is 10.2 Å². The van der Waals surface area contributed by atoms with Crippen LogP contribution in [0.25, 0.3) is 61.4 Å². The third kappa shape index (κ3) is 5.75. The maximum absolute atomic E-state index is 6.75. The second-order valence-electron chi connectivity index (χ2n) is 14.4. The quantitative estimate of drug-likeness (QED) is 0.158. The van der Waals surface area contributed by atoms with Gasteiger partial charge in [-0.15, -0.1) is 0 Å². The Morgan fingerprint density at radius 2 is 1.27 bits per heavy atom. The zero-order valence-electron chi connectivity index (χ0n) is 29.4. The number of hydrogen-bond acceptors (Lipinski definition) is 3. The van der Waals surface area contributed by atoms with Crippen LogP contribution < -0.4 is 11.1 Å². The number of rotatable bonds is 8. The first-order valence-corrected chi connectivity index (χ1v) is 18.0. The summed E-state index contributed by atoms with van der Waals surface area (Å²) in [6.07, 6.45) is 4.05. The number of hydrogen-bond donors (Lipinski definition) is 2. The zero-order chi connectivity index (χ0) is 35.2. The highest BCUT2D eigenvalue weighted by atomic mass is 16.3. The standard InChI is InChI=1S/C49H40N2O/c1-49(2)42-20-11-19-40(47(42)41-29-35-14-6-7-15-36(35)30-43(41)49)33-25-22-32(23-26-33)24-27-44(51-48(50)34-12-4-3-5-13-34)37-17-10-18-38(28-37)46-31-39-16-8-9-21-45(39)52-46/h3-31,44,48,51H,50H2,1-2H3/b27-24+. The van der Waals surface area contributed by atoms with Crippen molar-refractivity contribution in [2.45, 2.75) is 31.5 Å². The lowest BCUT2D eigenvalue weighted by Gasteiger charge is -2.22. The second-order valence-corrected chi connectivity index (χ2v) is 14.4. The number of nitrogens with two attached hydrogens (primary N) is 1. The summed E-state index contributed by atoms with van der Waals surface area (Å²) in [6, 6.07) is 58.0. The predicted octanol–water partition coefficient (Wildman–Crippen LogP) is 12.2. The van der Waals surface area contributed by atoms with E-state index < -0.39 is 0 Å². The minimum atomic E-state index is -0.350. The Balaban J connectivity index is 1.05. The van der Waals surface area contributed by atoms with Crippen molar-refractivity contribution in [1.82, 2.24) is 5.32 Å². The van der Waals surface area contributed by atoms with Crippen molar-refractivity contribution in [2.75, 3.05) is 0 Å². The van der Waals surface area contributed by atoms with Gasteiger partial charge in [0.15, 0.2) is 0 Å². The summed E-state index contributed by atoms with van der Waals surface area (Å²) in [7, 11) is 0. The molecule has 0 fully saturated rings. The molecule has 2 unspecified atom stereocenters. The van der Waals surface area contributed by atoms with Crippen molar-refractivity contribution < 1.29 is 4.42 Å². The van der Waals surface area contributed by atoms with Gasteiger partial charge in [0.25, 0.3) is 0 Å². The first-order chi connectivity index (χ1) is 25.4. The van der Waals surface area contributed by atoms with Gasteiger partial charge in [-0.05, 0) is 91.2 Å². The predicted molar refractivity (Wildman–Crippen MR) is 217 cm³/mol. The Labute approximate surface area is 305 Å².